The van der Waals surface area contributed by atoms with Crippen molar-refractivity contribution in [3.63, 3.8) is 0 Å². The molecule has 0 radical (unpaired) electrons. The van der Waals surface area contributed by atoms with Crippen molar-refractivity contribution in [2.75, 3.05) is 26.4 Å². The topological polar surface area (TPSA) is 36.9 Å². The maximum absolute atomic E-state index is 5.70. The first-order valence-corrected chi connectivity index (χ1v) is 10.7. The Morgan fingerprint density at radius 1 is 0.433 bits per heavy atom. The lowest BCUT2D eigenvalue weighted by atomic mass is 9.99. The fraction of sp³-hybridized carbons (Fsp3) is 0.308. The van der Waals surface area contributed by atoms with Gasteiger partial charge in [0, 0.05) is 0 Å². The monoisotopic (exact) mass is 402 g/mol. The number of aryl methyl sites for hydroxylation is 4. The summed E-state index contributed by atoms with van der Waals surface area (Å²) < 4.78 is 22.6. The molecule has 3 aromatic rings. The maximum atomic E-state index is 5.70. The molecule has 2 aliphatic heterocycles. The molecule has 0 saturated carbocycles. The van der Waals surface area contributed by atoms with Crippen molar-refractivity contribution in [2.24, 2.45) is 0 Å². The van der Waals surface area contributed by atoms with Gasteiger partial charge in [-0.25, -0.2) is 0 Å². The van der Waals surface area contributed by atoms with Crippen LogP contribution < -0.4 is 18.9 Å². The Labute approximate surface area is 177 Å². The first-order chi connectivity index (χ1) is 14.8. The van der Waals surface area contributed by atoms with Gasteiger partial charge in [-0.05, 0) is 72.2 Å². The zero-order chi connectivity index (χ0) is 20.2. The molecule has 0 atom stereocenters. The molecule has 0 saturated heterocycles. The third-order valence-electron chi connectivity index (χ3n) is 5.61. The highest BCUT2D eigenvalue weighted by Crippen LogP contribution is 2.32. The van der Waals surface area contributed by atoms with E-state index in [0.717, 1.165) is 48.7 Å². The first-order valence-electron chi connectivity index (χ1n) is 10.7. The van der Waals surface area contributed by atoms with Crippen LogP contribution in [0, 0.1) is 0 Å². The van der Waals surface area contributed by atoms with Crippen LogP contribution in [0.5, 0.6) is 23.0 Å². The number of hydrogen-bond acceptors (Lipinski definition) is 4. The standard InChI is InChI=1S/C26H26O4/c1-2-19(4-6-21-8-10-23-25(17-21)29-14-12-27-23)16-20(3-1)5-7-22-9-11-24-26(18-22)30-15-13-28-24/h1-3,8-11,16-18H,4-7,12-15H2. The minimum Gasteiger partial charge on any atom is -0.486 e. The van der Waals surface area contributed by atoms with E-state index in [9.17, 15) is 0 Å². The van der Waals surface area contributed by atoms with E-state index >= 15 is 0 Å². The minimum atomic E-state index is 0.627. The molecule has 30 heavy (non-hydrogen) atoms. The van der Waals surface area contributed by atoms with E-state index < -0.39 is 0 Å². The maximum Gasteiger partial charge on any atom is 0.161 e. The van der Waals surface area contributed by atoms with Gasteiger partial charge < -0.3 is 18.9 Å². The van der Waals surface area contributed by atoms with Gasteiger partial charge in [0.05, 0.1) is 0 Å². The predicted molar refractivity (Wildman–Crippen MR) is 116 cm³/mol. The van der Waals surface area contributed by atoms with Crippen LogP contribution in [0.25, 0.3) is 0 Å². The summed E-state index contributed by atoms with van der Waals surface area (Å²) in [5.74, 6) is 3.44. The van der Waals surface area contributed by atoms with Crippen LogP contribution in [0.1, 0.15) is 22.3 Å². The molecule has 0 bridgehead atoms. The summed E-state index contributed by atoms with van der Waals surface area (Å²) in [7, 11) is 0. The van der Waals surface area contributed by atoms with Gasteiger partial charge in [0.25, 0.3) is 0 Å². The van der Waals surface area contributed by atoms with Gasteiger partial charge >= 0.3 is 0 Å². The summed E-state index contributed by atoms with van der Waals surface area (Å²) in [5.41, 5.74) is 5.29. The van der Waals surface area contributed by atoms with Crippen molar-refractivity contribution in [1.82, 2.24) is 0 Å². The lowest BCUT2D eigenvalue weighted by Crippen LogP contribution is -2.15. The first kappa shape index (κ1) is 18.9. The average Bonchev–Trinajstić information content (AvgIpc) is 2.81. The number of benzene rings is 3. The summed E-state index contributed by atoms with van der Waals surface area (Å²) in [6.07, 6.45) is 4.00. The number of fused-ring (bicyclic) bond motifs is 2. The summed E-state index contributed by atoms with van der Waals surface area (Å²) in [6.45, 7) is 2.51. The number of hydrogen-bond donors (Lipinski definition) is 0. The van der Waals surface area contributed by atoms with Gasteiger partial charge in [-0.3, -0.25) is 0 Å². The zero-order valence-electron chi connectivity index (χ0n) is 17.1. The van der Waals surface area contributed by atoms with Crippen LogP contribution in [-0.2, 0) is 25.7 Å². The molecule has 0 N–H and O–H groups in total. The number of rotatable bonds is 6. The van der Waals surface area contributed by atoms with Crippen molar-refractivity contribution in [2.45, 2.75) is 25.7 Å². The van der Waals surface area contributed by atoms with Crippen molar-refractivity contribution >= 4 is 0 Å². The predicted octanol–water partition coefficient (Wildman–Crippen LogP) is 4.80. The molecule has 2 heterocycles. The average molecular weight is 402 g/mol. The molecule has 3 aromatic carbocycles. The molecule has 2 aliphatic rings. The van der Waals surface area contributed by atoms with Crippen molar-refractivity contribution in [1.29, 1.82) is 0 Å². The molecule has 0 aliphatic carbocycles. The highest BCUT2D eigenvalue weighted by molar-refractivity contribution is 5.45. The zero-order valence-corrected chi connectivity index (χ0v) is 17.1. The molecule has 0 fully saturated rings. The van der Waals surface area contributed by atoms with Gasteiger partial charge in [0.1, 0.15) is 26.4 Å². The molecule has 0 unspecified atom stereocenters. The Balaban J connectivity index is 1.19. The fourth-order valence-electron chi connectivity index (χ4n) is 4.00. The highest BCUT2D eigenvalue weighted by atomic mass is 16.6. The Bertz CT molecular complexity index is 949. The van der Waals surface area contributed by atoms with E-state index in [1.165, 1.54) is 22.3 Å². The third kappa shape index (κ3) is 4.38. The molecule has 4 nitrogen and oxygen atoms in total. The summed E-state index contributed by atoms with van der Waals surface area (Å²) >= 11 is 0. The van der Waals surface area contributed by atoms with Crippen molar-refractivity contribution < 1.29 is 18.9 Å². The fourth-order valence-corrected chi connectivity index (χ4v) is 4.00. The van der Waals surface area contributed by atoms with Crippen LogP contribution in [0.3, 0.4) is 0 Å². The van der Waals surface area contributed by atoms with Crippen LogP contribution in [0.4, 0.5) is 0 Å². The van der Waals surface area contributed by atoms with E-state index in [1.54, 1.807) is 0 Å². The van der Waals surface area contributed by atoms with Gasteiger partial charge in [-0.2, -0.15) is 0 Å². The van der Waals surface area contributed by atoms with Crippen molar-refractivity contribution in [3.05, 3.63) is 82.9 Å². The van der Waals surface area contributed by atoms with Crippen LogP contribution in [0.15, 0.2) is 60.7 Å². The SMILES string of the molecule is c1cc(CCc2ccc3c(c2)OCCO3)cc(CCc2ccc3c(c2)OCCO3)c1. The molecule has 154 valence electrons. The Hall–Kier alpha value is -3.14. The van der Waals surface area contributed by atoms with E-state index in [2.05, 4.69) is 48.5 Å². The Morgan fingerprint density at radius 2 is 0.833 bits per heavy atom. The molecule has 0 spiro atoms. The Morgan fingerprint density at radius 3 is 1.30 bits per heavy atom. The van der Waals surface area contributed by atoms with Gasteiger partial charge in [-0.15, -0.1) is 0 Å². The molecule has 0 aromatic heterocycles. The lowest BCUT2D eigenvalue weighted by molar-refractivity contribution is 0.171. The van der Waals surface area contributed by atoms with Crippen LogP contribution in [-0.4, -0.2) is 26.4 Å². The van der Waals surface area contributed by atoms with E-state index in [1.807, 2.05) is 12.1 Å². The smallest absolute Gasteiger partial charge is 0.161 e. The van der Waals surface area contributed by atoms with E-state index in [0.29, 0.717) is 26.4 Å². The van der Waals surface area contributed by atoms with Crippen LogP contribution in [0.2, 0.25) is 0 Å². The second kappa shape index (κ2) is 8.70. The third-order valence-corrected chi connectivity index (χ3v) is 5.61. The summed E-state index contributed by atoms with van der Waals surface area (Å²) in [4.78, 5) is 0. The number of ether oxygens (including phenoxy) is 4. The molecular weight excluding hydrogens is 376 g/mol. The second-order valence-electron chi connectivity index (χ2n) is 7.78. The lowest BCUT2D eigenvalue weighted by Gasteiger charge is -2.19. The van der Waals surface area contributed by atoms with E-state index in [4.69, 9.17) is 18.9 Å². The van der Waals surface area contributed by atoms with Crippen LogP contribution >= 0.6 is 0 Å². The molecular formula is C26H26O4. The summed E-state index contributed by atoms with van der Waals surface area (Å²) in [6, 6.07) is 21.5. The molecule has 4 heteroatoms. The Kier molecular flexibility index (Phi) is 5.47. The quantitative estimate of drug-likeness (QED) is 0.594. The van der Waals surface area contributed by atoms with E-state index in [-0.39, 0.29) is 0 Å². The molecule has 0 amide bonds. The molecule has 5 rings (SSSR count). The van der Waals surface area contributed by atoms with Gasteiger partial charge in [0.15, 0.2) is 23.0 Å². The highest BCUT2D eigenvalue weighted by Gasteiger charge is 2.13. The second-order valence-corrected chi connectivity index (χ2v) is 7.78. The minimum absolute atomic E-state index is 0.627. The largest absolute Gasteiger partial charge is 0.486 e. The van der Waals surface area contributed by atoms with Gasteiger partial charge in [0.2, 0.25) is 0 Å². The summed E-state index contributed by atoms with van der Waals surface area (Å²) in [5, 5.41) is 0. The van der Waals surface area contributed by atoms with Crippen molar-refractivity contribution in [3.8, 4) is 23.0 Å². The normalized spacial score (nSPS) is 14.4. The van der Waals surface area contributed by atoms with Gasteiger partial charge in [-0.1, -0.05) is 36.4 Å².